The van der Waals surface area contributed by atoms with E-state index in [1.54, 1.807) is 11.6 Å². The van der Waals surface area contributed by atoms with Crippen LogP contribution in [0, 0.1) is 0 Å². The lowest BCUT2D eigenvalue weighted by Crippen LogP contribution is -2.33. The molecule has 1 aliphatic heterocycles. The van der Waals surface area contributed by atoms with Gasteiger partial charge in [-0.05, 0) is 0 Å². The maximum absolute atomic E-state index is 10.3. The van der Waals surface area contributed by atoms with Gasteiger partial charge in [0.05, 0.1) is 12.9 Å². The van der Waals surface area contributed by atoms with Gasteiger partial charge in [0.2, 0.25) is 0 Å². The number of aliphatic hydroxyl groups excluding tert-OH is 2. The molecule has 2 aromatic heterocycles. The fraction of sp³-hybridized carbons (Fsp3) is 0.545. The van der Waals surface area contributed by atoms with Crippen molar-refractivity contribution >= 4 is 42.4 Å². The molecule has 7 atom stereocenters. The van der Waals surface area contributed by atoms with Crippen LogP contribution < -0.4 is 5.32 Å². The number of hydrogen-bond acceptors (Lipinski definition) is 8. The summed E-state index contributed by atoms with van der Waals surface area (Å²) in [7, 11) is 5.29. The molecule has 3 heterocycles. The summed E-state index contributed by atoms with van der Waals surface area (Å²) >= 11 is 0. The largest absolute Gasteiger partial charge is 0.387 e. The van der Waals surface area contributed by atoms with Crippen LogP contribution in [-0.4, -0.2) is 61.7 Å². The van der Waals surface area contributed by atoms with Gasteiger partial charge in [0.1, 0.15) is 30.2 Å². The summed E-state index contributed by atoms with van der Waals surface area (Å²) in [5.41, 5.74) is 1.10. The van der Waals surface area contributed by atoms with Crippen LogP contribution in [0.15, 0.2) is 12.7 Å². The van der Waals surface area contributed by atoms with E-state index in [2.05, 4.69) is 29.2 Å². The lowest BCUT2D eigenvalue weighted by molar-refractivity contribution is -0.0456. The quantitative estimate of drug-likeness (QED) is 0.492. The first kappa shape index (κ1) is 17.3. The van der Waals surface area contributed by atoms with Crippen LogP contribution in [0.3, 0.4) is 0 Å². The van der Waals surface area contributed by atoms with E-state index in [-0.39, 0.29) is 6.61 Å². The first-order valence-electron chi connectivity index (χ1n) is 6.86. The van der Waals surface area contributed by atoms with Crippen molar-refractivity contribution < 1.29 is 19.5 Å². The molecule has 1 fully saturated rings. The molecule has 3 rings (SSSR count). The minimum Gasteiger partial charge on any atom is -0.387 e. The summed E-state index contributed by atoms with van der Waals surface area (Å²) < 4.78 is 12.8. The van der Waals surface area contributed by atoms with Crippen LogP contribution in [0.25, 0.3) is 11.2 Å². The van der Waals surface area contributed by atoms with Gasteiger partial charge in [-0.3, -0.25) is 4.57 Å². The third kappa shape index (κ3) is 3.33. The number of imidazole rings is 1. The summed E-state index contributed by atoms with van der Waals surface area (Å²) in [6, 6.07) is 0. The molecule has 0 aromatic carbocycles. The Bertz CT molecular complexity index is 674. The van der Waals surface area contributed by atoms with Crippen molar-refractivity contribution in [1.82, 2.24) is 19.5 Å². The number of ether oxygens (including phenoxy) is 1. The van der Waals surface area contributed by atoms with Crippen LogP contribution >= 0.6 is 25.4 Å². The van der Waals surface area contributed by atoms with Crippen molar-refractivity contribution in [1.29, 1.82) is 0 Å². The van der Waals surface area contributed by atoms with E-state index in [1.165, 1.54) is 12.7 Å². The van der Waals surface area contributed by atoms with Crippen LogP contribution in [0.1, 0.15) is 6.23 Å². The average Bonchev–Trinajstić information content (AvgIpc) is 3.11. The van der Waals surface area contributed by atoms with Gasteiger partial charge in [-0.25, -0.2) is 15.0 Å². The van der Waals surface area contributed by atoms with Crippen LogP contribution in [0.5, 0.6) is 0 Å². The highest BCUT2D eigenvalue weighted by atomic mass is 32.4. The molecule has 0 saturated carbocycles. The summed E-state index contributed by atoms with van der Waals surface area (Å²) in [5, 5.41) is 23.4. The molecule has 126 valence electrons. The number of aromatic nitrogens is 4. The number of hydrogen-bond donors (Lipinski definition) is 3. The third-order valence-electron chi connectivity index (χ3n) is 3.59. The molecule has 0 amide bonds. The summed E-state index contributed by atoms with van der Waals surface area (Å²) in [6.45, 7) is 0.234. The zero-order valence-electron chi connectivity index (χ0n) is 12.2. The Morgan fingerprint density at radius 1 is 1.39 bits per heavy atom. The summed E-state index contributed by atoms with van der Waals surface area (Å²) in [6.07, 6.45) is -0.546. The van der Waals surface area contributed by atoms with E-state index in [4.69, 9.17) is 9.26 Å². The van der Waals surface area contributed by atoms with Crippen LogP contribution in [0.2, 0.25) is 0 Å². The number of fused-ring (bicyclic) bond motifs is 1. The van der Waals surface area contributed by atoms with Gasteiger partial charge in [0.25, 0.3) is 0 Å². The van der Waals surface area contributed by atoms with E-state index in [1.807, 2.05) is 0 Å². The van der Waals surface area contributed by atoms with Gasteiger partial charge in [0, 0.05) is 15.5 Å². The highest BCUT2D eigenvalue weighted by molar-refractivity contribution is 8.37. The summed E-state index contributed by atoms with van der Waals surface area (Å²) in [5.74, 6) is 0.587. The highest BCUT2D eigenvalue weighted by Crippen LogP contribution is 2.44. The summed E-state index contributed by atoms with van der Waals surface area (Å²) in [4.78, 5) is 12.6. The van der Waals surface area contributed by atoms with Gasteiger partial charge in [-0.1, -0.05) is 7.96 Å². The second-order valence-electron chi connectivity index (χ2n) is 4.90. The molecule has 0 aliphatic carbocycles. The molecule has 4 unspecified atom stereocenters. The van der Waals surface area contributed by atoms with Gasteiger partial charge >= 0.3 is 0 Å². The maximum Gasteiger partial charge on any atom is 0.167 e. The number of aliphatic hydroxyl groups is 2. The predicted molar refractivity (Wildman–Crippen MR) is 93.1 cm³/mol. The van der Waals surface area contributed by atoms with Crippen molar-refractivity contribution in [3.05, 3.63) is 12.7 Å². The Hall–Kier alpha value is -0.520. The first-order valence-corrected chi connectivity index (χ1v) is 11.6. The number of rotatable bonds is 6. The molecule has 0 spiro atoms. The molecule has 3 N–H and O–H groups in total. The molecular formula is C11H18N5O4P3. The van der Waals surface area contributed by atoms with Crippen LogP contribution in [0.4, 0.5) is 5.82 Å². The minimum absolute atomic E-state index is 0.234. The molecule has 1 saturated heterocycles. The number of nitrogens with zero attached hydrogens (tertiary/aromatic N) is 4. The second-order valence-corrected chi connectivity index (χ2v) is 9.76. The van der Waals surface area contributed by atoms with Crippen molar-refractivity contribution in [2.45, 2.75) is 24.5 Å². The van der Waals surface area contributed by atoms with Gasteiger partial charge < -0.3 is 24.8 Å². The Kier molecular flexibility index (Phi) is 5.70. The fourth-order valence-corrected chi connectivity index (χ4v) is 4.06. The molecule has 12 heteroatoms. The predicted octanol–water partition coefficient (Wildman–Crippen LogP) is 0.481. The zero-order valence-corrected chi connectivity index (χ0v) is 15.4. The maximum atomic E-state index is 10.3. The Morgan fingerprint density at radius 2 is 2.22 bits per heavy atom. The normalized spacial score (nSPS) is 28.7. The topological polar surface area (TPSA) is 115 Å². The minimum atomic E-state index is -1.09. The molecule has 1 aliphatic rings. The van der Waals surface area contributed by atoms with E-state index < -0.39 is 24.5 Å². The number of anilines is 1. The Morgan fingerprint density at radius 3 is 2.96 bits per heavy atom. The van der Waals surface area contributed by atoms with Crippen molar-refractivity contribution in [3.8, 4) is 0 Å². The smallest absolute Gasteiger partial charge is 0.167 e. The van der Waals surface area contributed by atoms with E-state index in [0.717, 1.165) is 0 Å². The Labute approximate surface area is 138 Å². The lowest BCUT2D eigenvalue weighted by atomic mass is 10.1. The monoisotopic (exact) mass is 377 g/mol. The molecule has 9 nitrogen and oxygen atoms in total. The highest BCUT2D eigenvalue weighted by Gasteiger charge is 2.44. The standard InChI is InChI=1S/C11H18N5O4P3/c1-12-9-6-10(14-3-13-9)16(4-15-6)11-8(18)7(17)5(20-11)2-19-22-23-21/h3-5,7-8,11,17-18,22-23H,2,21H2,1H3,(H,12,13,14)/t5-,7?,8+,11-/m1/s1. The van der Waals surface area contributed by atoms with Crippen molar-refractivity contribution in [2.75, 3.05) is 19.0 Å². The van der Waals surface area contributed by atoms with Crippen molar-refractivity contribution in [3.63, 3.8) is 0 Å². The Balaban J connectivity index is 1.84. The van der Waals surface area contributed by atoms with E-state index in [0.29, 0.717) is 33.4 Å². The molecule has 2 aromatic rings. The lowest BCUT2D eigenvalue weighted by Gasteiger charge is -2.16. The average molecular weight is 377 g/mol. The molecule has 0 bridgehead atoms. The molecule has 0 radical (unpaired) electrons. The van der Waals surface area contributed by atoms with Gasteiger partial charge in [-0.2, -0.15) is 0 Å². The SMILES string of the molecule is CNc1ncnc2c1ncn2[C@@H]1O[C@H](COPPP)C(O)[C@@H]1O. The first-order chi connectivity index (χ1) is 11.2. The van der Waals surface area contributed by atoms with Crippen LogP contribution in [-0.2, 0) is 9.26 Å². The third-order valence-corrected chi connectivity index (χ3v) is 5.86. The number of nitrogens with one attached hydrogen (secondary N) is 1. The van der Waals surface area contributed by atoms with Crippen molar-refractivity contribution in [2.24, 2.45) is 0 Å². The zero-order chi connectivity index (χ0) is 16.4. The fourth-order valence-electron chi connectivity index (χ4n) is 2.48. The van der Waals surface area contributed by atoms with E-state index in [9.17, 15) is 10.2 Å². The van der Waals surface area contributed by atoms with Gasteiger partial charge in [0.15, 0.2) is 17.7 Å². The molecular weight excluding hydrogens is 359 g/mol. The molecule has 23 heavy (non-hydrogen) atoms. The van der Waals surface area contributed by atoms with Gasteiger partial charge in [-0.15, -0.1) is 8.93 Å². The second kappa shape index (κ2) is 7.58. The van der Waals surface area contributed by atoms with E-state index >= 15 is 0 Å².